The molecule has 0 atom stereocenters. The van der Waals surface area contributed by atoms with Gasteiger partial charge in [0.15, 0.2) is 0 Å². The van der Waals surface area contributed by atoms with E-state index in [0.29, 0.717) is 16.7 Å². The number of nitrogens with zero attached hydrogens (tertiary/aromatic N) is 1. The van der Waals surface area contributed by atoms with Crippen LogP contribution in [0.1, 0.15) is 29.5 Å². The maximum Gasteiger partial charge on any atom is 0.224 e. The standard InChI is InChI=1S/C23H29ClN2O2/c1-17-3-5-19(6-4-17)16-26-11-9-18(10-12-26)15-25-23(27)14-20-13-21(24)7-8-22(20)28-2/h3-8,13,18H,9-12,14-16H2,1-2H3,(H,25,27). The Morgan fingerprint density at radius 1 is 1.18 bits per heavy atom. The summed E-state index contributed by atoms with van der Waals surface area (Å²) in [5.41, 5.74) is 3.49. The number of carbonyl (C=O) groups is 1. The molecule has 1 saturated heterocycles. The molecule has 3 rings (SSSR count). The fraction of sp³-hybridized carbons (Fsp3) is 0.435. The van der Waals surface area contributed by atoms with Gasteiger partial charge >= 0.3 is 0 Å². The third kappa shape index (κ3) is 5.98. The highest BCUT2D eigenvalue weighted by Gasteiger charge is 2.20. The molecule has 1 amide bonds. The van der Waals surface area contributed by atoms with Crippen molar-refractivity contribution in [2.75, 3.05) is 26.7 Å². The number of likely N-dealkylation sites (tertiary alicyclic amines) is 1. The largest absolute Gasteiger partial charge is 0.496 e. The average molecular weight is 401 g/mol. The third-order valence-corrected chi connectivity index (χ3v) is 5.65. The SMILES string of the molecule is COc1ccc(Cl)cc1CC(=O)NCC1CCN(Cc2ccc(C)cc2)CC1. The Labute approximate surface area is 172 Å². The number of benzene rings is 2. The van der Waals surface area contributed by atoms with Crippen LogP contribution in [0.4, 0.5) is 0 Å². The Kier molecular flexibility index (Phi) is 7.35. The Bertz CT molecular complexity index is 784. The second-order valence-corrected chi connectivity index (χ2v) is 8.08. The monoisotopic (exact) mass is 400 g/mol. The van der Waals surface area contributed by atoms with Gasteiger partial charge in [0.2, 0.25) is 5.91 Å². The van der Waals surface area contributed by atoms with Crippen LogP contribution in [0.25, 0.3) is 0 Å². The molecule has 0 aromatic heterocycles. The van der Waals surface area contributed by atoms with E-state index in [1.54, 1.807) is 25.3 Å². The van der Waals surface area contributed by atoms with Crippen LogP contribution in [0.15, 0.2) is 42.5 Å². The third-order valence-electron chi connectivity index (χ3n) is 5.42. The molecule has 1 fully saturated rings. The van der Waals surface area contributed by atoms with Crippen LogP contribution in [0.2, 0.25) is 5.02 Å². The molecule has 1 heterocycles. The van der Waals surface area contributed by atoms with Crippen LogP contribution < -0.4 is 10.1 Å². The average Bonchev–Trinajstić information content (AvgIpc) is 2.69. The van der Waals surface area contributed by atoms with Gasteiger partial charge in [-0.25, -0.2) is 0 Å². The molecule has 2 aromatic carbocycles. The first-order chi connectivity index (χ1) is 13.5. The molecule has 0 bridgehead atoms. The highest BCUT2D eigenvalue weighted by atomic mass is 35.5. The zero-order chi connectivity index (χ0) is 19.9. The molecule has 0 spiro atoms. The Hall–Kier alpha value is -2.04. The van der Waals surface area contributed by atoms with Crippen molar-refractivity contribution in [1.82, 2.24) is 10.2 Å². The molecule has 28 heavy (non-hydrogen) atoms. The van der Waals surface area contributed by atoms with E-state index in [4.69, 9.17) is 16.3 Å². The molecule has 4 nitrogen and oxygen atoms in total. The quantitative estimate of drug-likeness (QED) is 0.756. The maximum absolute atomic E-state index is 12.3. The molecule has 0 aliphatic carbocycles. The lowest BCUT2D eigenvalue weighted by Gasteiger charge is -2.32. The lowest BCUT2D eigenvalue weighted by Crippen LogP contribution is -2.38. The lowest BCUT2D eigenvalue weighted by molar-refractivity contribution is -0.120. The summed E-state index contributed by atoms with van der Waals surface area (Å²) in [6.07, 6.45) is 2.52. The smallest absolute Gasteiger partial charge is 0.224 e. The minimum Gasteiger partial charge on any atom is -0.496 e. The summed E-state index contributed by atoms with van der Waals surface area (Å²) in [4.78, 5) is 14.8. The van der Waals surface area contributed by atoms with E-state index in [2.05, 4.69) is 41.4 Å². The second-order valence-electron chi connectivity index (χ2n) is 7.64. The topological polar surface area (TPSA) is 41.6 Å². The summed E-state index contributed by atoms with van der Waals surface area (Å²) in [7, 11) is 1.61. The van der Waals surface area contributed by atoms with Crippen molar-refractivity contribution in [3.8, 4) is 5.75 Å². The highest BCUT2D eigenvalue weighted by molar-refractivity contribution is 6.30. The van der Waals surface area contributed by atoms with E-state index in [1.807, 2.05) is 0 Å². The molecule has 1 N–H and O–H groups in total. The summed E-state index contributed by atoms with van der Waals surface area (Å²) < 4.78 is 5.32. The number of nitrogens with one attached hydrogen (secondary N) is 1. The van der Waals surface area contributed by atoms with Gasteiger partial charge in [-0.1, -0.05) is 41.4 Å². The van der Waals surface area contributed by atoms with Crippen LogP contribution >= 0.6 is 11.6 Å². The van der Waals surface area contributed by atoms with Crippen molar-refractivity contribution >= 4 is 17.5 Å². The Balaban J connectivity index is 1.41. The molecule has 5 heteroatoms. The summed E-state index contributed by atoms with van der Waals surface area (Å²) in [6, 6.07) is 14.1. The van der Waals surface area contributed by atoms with Gasteiger partial charge in [0.25, 0.3) is 0 Å². The minimum absolute atomic E-state index is 0.0163. The van der Waals surface area contributed by atoms with E-state index in [9.17, 15) is 4.79 Å². The van der Waals surface area contributed by atoms with Crippen molar-refractivity contribution in [3.05, 3.63) is 64.2 Å². The Morgan fingerprint density at radius 2 is 1.89 bits per heavy atom. The predicted molar refractivity (Wildman–Crippen MR) is 114 cm³/mol. The van der Waals surface area contributed by atoms with E-state index in [-0.39, 0.29) is 12.3 Å². The van der Waals surface area contributed by atoms with Crippen LogP contribution in [0, 0.1) is 12.8 Å². The number of hydrogen-bond donors (Lipinski definition) is 1. The Morgan fingerprint density at radius 3 is 2.57 bits per heavy atom. The zero-order valence-corrected chi connectivity index (χ0v) is 17.5. The summed E-state index contributed by atoms with van der Waals surface area (Å²) in [6.45, 7) is 6.02. The van der Waals surface area contributed by atoms with Crippen molar-refractivity contribution in [1.29, 1.82) is 0 Å². The minimum atomic E-state index is 0.0163. The van der Waals surface area contributed by atoms with Gasteiger partial charge in [0.1, 0.15) is 5.75 Å². The lowest BCUT2D eigenvalue weighted by atomic mass is 9.96. The van der Waals surface area contributed by atoms with Gasteiger partial charge in [0.05, 0.1) is 13.5 Å². The summed E-state index contributed by atoms with van der Waals surface area (Å²) >= 11 is 6.04. The van der Waals surface area contributed by atoms with Crippen LogP contribution in [0.5, 0.6) is 5.75 Å². The molecule has 0 saturated carbocycles. The number of amides is 1. The van der Waals surface area contributed by atoms with Gasteiger partial charge < -0.3 is 10.1 Å². The van der Waals surface area contributed by atoms with Gasteiger partial charge in [0, 0.05) is 23.7 Å². The number of rotatable bonds is 7. The van der Waals surface area contributed by atoms with E-state index in [0.717, 1.165) is 44.6 Å². The number of hydrogen-bond acceptors (Lipinski definition) is 3. The first-order valence-electron chi connectivity index (χ1n) is 9.90. The highest BCUT2D eigenvalue weighted by Crippen LogP contribution is 2.23. The zero-order valence-electron chi connectivity index (χ0n) is 16.7. The molecular weight excluding hydrogens is 372 g/mol. The fourth-order valence-corrected chi connectivity index (χ4v) is 3.87. The molecule has 0 radical (unpaired) electrons. The summed E-state index contributed by atoms with van der Waals surface area (Å²) in [5, 5.41) is 3.70. The van der Waals surface area contributed by atoms with Crippen molar-refractivity contribution in [3.63, 3.8) is 0 Å². The van der Waals surface area contributed by atoms with E-state index in [1.165, 1.54) is 11.1 Å². The molecule has 2 aromatic rings. The summed E-state index contributed by atoms with van der Waals surface area (Å²) in [5.74, 6) is 1.26. The number of ether oxygens (including phenoxy) is 1. The van der Waals surface area contributed by atoms with Crippen molar-refractivity contribution in [2.24, 2.45) is 5.92 Å². The van der Waals surface area contributed by atoms with Gasteiger partial charge in [-0.05, 0) is 62.5 Å². The number of aryl methyl sites for hydroxylation is 1. The van der Waals surface area contributed by atoms with Gasteiger partial charge in [-0.15, -0.1) is 0 Å². The molecule has 150 valence electrons. The van der Waals surface area contributed by atoms with E-state index < -0.39 is 0 Å². The predicted octanol–water partition coefficient (Wildman–Crippen LogP) is 4.23. The first-order valence-corrected chi connectivity index (χ1v) is 10.3. The first kappa shape index (κ1) is 20.7. The molecule has 0 unspecified atom stereocenters. The number of carbonyl (C=O) groups excluding carboxylic acids is 1. The second kappa shape index (κ2) is 9.94. The van der Waals surface area contributed by atoms with Crippen LogP contribution in [-0.2, 0) is 17.8 Å². The molecular formula is C23H29ClN2O2. The molecule has 1 aliphatic heterocycles. The van der Waals surface area contributed by atoms with Crippen molar-refractivity contribution < 1.29 is 9.53 Å². The van der Waals surface area contributed by atoms with E-state index >= 15 is 0 Å². The van der Waals surface area contributed by atoms with Gasteiger partial charge in [-0.3, -0.25) is 9.69 Å². The normalized spacial score (nSPS) is 15.4. The van der Waals surface area contributed by atoms with Crippen LogP contribution in [0.3, 0.4) is 0 Å². The fourth-order valence-electron chi connectivity index (χ4n) is 3.68. The number of piperidine rings is 1. The van der Waals surface area contributed by atoms with Crippen LogP contribution in [-0.4, -0.2) is 37.6 Å². The number of halogens is 1. The number of methoxy groups -OCH3 is 1. The van der Waals surface area contributed by atoms with Crippen molar-refractivity contribution in [2.45, 2.75) is 32.7 Å². The maximum atomic E-state index is 12.3. The van der Waals surface area contributed by atoms with Gasteiger partial charge in [-0.2, -0.15) is 0 Å². The molecule has 1 aliphatic rings.